The van der Waals surface area contributed by atoms with Crippen LogP contribution in [0, 0.1) is 0 Å². The number of nitrogens with one attached hydrogen (secondary N) is 1. The molecule has 112 valence electrons. The molecule has 0 saturated carbocycles. The summed E-state index contributed by atoms with van der Waals surface area (Å²) in [5.74, 6) is 0. The summed E-state index contributed by atoms with van der Waals surface area (Å²) in [7, 11) is -0.487. The summed E-state index contributed by atoms with van der Waals surface area (Å²) >= 11 is 0. The maximum absolute atomic E-state index is 12.7. The number of benzene rings is 1. The molecule has 2 rings (SSSR count). The highest BCUT2D eigenvalue weighted by molar-refractivity contribution is 7.89. The van der Waals surface area contributed by atoms with Crippen molar-refractivity contribution < 1.29 is 17.9 Å². The standard InChI is InChI=1S/C13H20N2O4S/c1-10-13(19-3)14-12(18-2)9-15(10)20(16,17)11-7-5-4-6-8-11/h4-8,10,12-14H,9H2,1-3H3. The third kappa shape index (κ3) is 2.87. The Hall–Kier alpha value is -0.990. The van der Waals surface area contributed by atoms with Crippen molar-refractivity contribution in [2.24, 2.45) is 0 Å². The Morgan fingerprint density at radius 3 is 2.40 bits per heavy atom. The normalized spacial score (nSPS) is 28.4. The van der Waals surface area contributed by atoms with Crippen LogP contribution < -0.4 is 5.32 Å². The molecule has 0 aromatic heterocycles. The summed E-state index contributed by atoms with van der Waals surface area (Å²) in [6.07, 6.45) is -0.804. The number of ether oxygens (including phenoxy) is 2. The molecule has 3 unspecified atom stereocenters. The molecule has 6 nitrogen and oxygen atoms in total. The van der Waals surface area contributed by atoms with Gasteiger partial charge in [0, 0.05) is 14.2 Å². The van der Waals surface area contributed by atoms with Gasteiger partial charge in [0.1, 0.15) is 12.5 Å². The van der Waals surface area contributed by atoms with Crippen molar-refractivity contribution in [2.75, 3.05) is 20.8 Å². The van der Waals surface area contributed by atoms with Crippen LogP contribution in [0.2, 0.25) is 0 Å². The molecule has 3 atom stereocenters. The summed E-state index contributed by atoms with van der Waals surface area (Å²) in [6, 6.07) is 8.07. The zero-order valence-corrected chi connectivity index (χ0v) is 12.6. The number of hydrogen-bond acceptors (Lipinski definition) is 5. The Balaban J connectivity index is 2.34. The number of hydrogen-bond donors (Lipinski definition) is 1. The van der Waals surface area contributed by atoms with Crippen LogP contribution >= 0.6 is 0 Å². The van der Waals surface area contributed by atoms with Crippen molar-refractivity contribution in [1.82, 2.24) is 9.62 Å². The Bertz CT molecular complexity index is 535. The van der Waals surface area contributed by atoms with Crippen LogP contribution in [-0.2, 0) is 19.5 Å². The summed E-state index contributed by atoms with van der Waals surface area (Å²) in [6.45, 7) is 2.06. The molecular weight excluding hydrogens is 280 g/mol. The molecule has 0 amide bonds. The molecule has 1 heterocycles. The minimum atomic E-state index is -3.56. The molecular formula is C13H20N2O4S. The van der Waals surface area contributed by atoms with Crippen LogP contribution in [0.1, 0.15) is 6.92 Å². The van der Waals surface area contributed by atoms with E-state index in [1.165, 1.54) is 11.4 Å². The van der Waals surface area contributed by atoms with Gasteiger partial charge in [0.25, 0.3) is 0 Å². The molecule has 20 heavy (non-hydrogen) atoms. The van der Waals surface area contributed by atoms with E-state index in [1.807, 2.05) is 6.92 Å². The Morgan fingerprint density at radius 1 is 1.20 bits per heavy atom. The van der Waals surface area contributed by atoms with Gasteiger partial charge in [0.2, 0.25) is 10.0 Å². The number of nitrogens with zero attached hydrogens (tertiary/aromatic N) is 1. The predicted octanol–water partition coefficient (Wildman–Crippen LogP) is 0.614. The van der Waals surface area contributed by atoms with E-state index in [-0.39, 0.29) is 17.5 Å². The van der Waals surface area contributed by atoms with E-state index in [0.717, 1.165) is 0 Å². The zero-order chi connectivity index (χ0) is 14.8. The average molecular weight is 300 g/mol. The van der Waals surface area contributed by atoms with Crippen molar-refractivity contribution in [3.05, 3.63) is 30.3 Å². The Kier molecular flexibility index (Phi) is 4.77. The van der Waals surface area contributed by atoms with E-state index in [1.54, 1.807) is 37.4 Å². The molecule has 0 aliphatic carbocycles. The van der Waals surface area contributed by atoms with E-state index in [0.29, 0.717) is 0 Å². The lowest BCUT2D eigenvalue weighted by Gasteiger charge is -2.41. The largest absolute Gasteiger partial charge is 0.365 e. The summed E-state index contributed by atoms with van der Waals surface area (Å²) in [5.41, 5.74) is 0. The molecule has 0 bridgehead atoms. The molecule has 1 fully saturated rings. The van der Waals surface area contributed by atoms with Gasteiger partial charge in [0.15, 0.2) is 0 Å². The average Bonchev–Trinajstić information content (AvgIpc) is 2.48. The maximum Gasteiger partial charge on any atom is 0.243 e. The predicted molar refractivity (Wildman–Crippen MR) is 74.5 cm³/mol. The molecule has 7 heteroatoms. The van der Waals surface area contributed by atoms with Crippen molar-refractivity contribution >= 4 is 10.0 Å². The monoisotopic (exact) mass is 300 g/mol. The lowest BCUT2D eigenvalue weighted by Crippen LogP contribution is -2.63. The SMILES string of the molecule is COC1CN(S(=O)(=O)c2ccccc2)C(C)C(OC)N1. The minimum Gasteiger partial charge on any atom is -0.365 e. The number of piperazine rings is 1. The van der Waals surface area contributed by atoms with E-state index in [9.17, 15) is 8.42 Å². The van der Waals surface area contributed by atoms with E-state index >= 15 is 0 Å². The fourth-order valence-electron chi connectivity index (χ4n) is 2.31. The van der Waals surface area contributed by atoms with Crippen LogP contribution in [0.4, 0.5) is 0 Å². The van der Waals surface area contributed by atoms with Crippen LogP contribution in [0.15, 0.2) is 35.2 Å². The molecule has 1 aromatic rings. The van der Waals surface area contributed by atoms with E-state index < -0.39 is 22.5 Å². The quantitative estimate of drug-likeness (QED) is 0.882. The van der Waals surface area contributed by atoms with Gasteiger partial charge in [-0.25, -0.2) is 8.42 Å². The van der Waals surface area contributed by atoms with Crippen LogP contribution in [0.5, 0.6) is 0 Å². The van der Waals surface area contributed by atoms with Gasteiger partial charge in [-0.2, -0.15) is 4.31 Å². The highest BCUT2D eigenvalue weighted by atomic mass is 32.2. The second-order valence-electron chi connectivity index (χ2n) is 4.68. The zero-order valence-electron chi connectivity index (χ0n) is 11.8. The van der Waals surface area contributed by atoms with Crippen molar-refractivity contribution in [2.45, 2.75) is 30.3 Å². The first kappa shape index (κ1) is 15.4. The third-order valence-corrected chi connectivity index (χ3v) is 5.44. The molecule has 0 spiro atoms. The van der Waals surface area contributed by atoms with Crippen molar-refractivity contribution in [3.63, 3.8) is 0 Å². The highest BCUT2D eigenvalue weighted by Gasteiger charge is 2.40. The Labute approximate surface area is 119 Å². The first-order chi connectivity index (χ1) is 9.50. The van der Waals surface area contributed by atoms with Crippen LogP contribution in [-0.4, -0.2) is 52.0 Å². The van der Waals surface area contributed by atoms with Crippen LogP contribution in [0.25, 0.3) is 0 Å². The lowest BCUT2D eigenvalue weighted by molar-refractivity contribution is -0.0768. The van der Waals surface area contributed by atoms with Gasteiger partial charge in [-0.15, -0.1) is 0 Å². The Morgan fingerprint density at radius 2 is 1.85 bits per heavy atom. The fourth-order valence-corrected chi connectivity index (χ4v) is 3.96. The van der Waals surface area contributed by atoms with Gasteiger partial charge >= 0.3 is 0 Å². The van der Waals surface area contributed by atoms with E-state index in [4.69, 9.17) is 9.47 Å². The molecule has 1 aromatic carbocycles. The molecule has 1 N–H and O–H groups in total. The molecule has 0 radical (unpaired) electrons. The van der Waals surface area contributed by atoms with E-state index in [2.05, 4.69) is 5.32 Å². The van der Waals surface area contributed by atoms with Gasteiger partial charge in [-0.05, 0) is 19.1 Å². The topological polar surface area (TPSA) is 67.9 Å². The molecule has 1 saturated heterocycles. The van der Waals surface area contributed by atoms with Gasteiger partial charge in [0.05, 0.1) is 17.5 Å². The molecule has 1 aliphatic rings. The summed E-state index contributed by atoms with van der Waals surface area (Å²) in [4.78, 5) is 0.276. The van der Waals surface area contributed by atoms with Gasteiger partial charge in [-0.3, -0.25) is 5.32 Å². The number of sulfonamides is 1. The first-order valence-corrected chi connectivity index (χ1v) is 7.83. The maximum atomic E-state index is 12.7. The second kappa shape index (κ2) is 6.19. The molecule has 1 aliphatic heterocycles. The smallest absolute Gasteiger partial charge is 0.243 e. The van der Waals surface area contributed by atoms with Crippen LogP contribution in [0.3, 0.4) is 0 Å². The van der Waals surface area contributed by atoms with Crippen molar-refractivity contribution in [3.8, 4) is 0 Å². The summed E-state index contributed by atoms with van der Waals surface area (Å²) in [5, 5.41) is 3.11. The second-order valence-corrected chi connectivity index (χ2v) is 6.57. The van der Waals surface area contributed by atoms with Gasteiger partial charge < -0.3 is 9.47 Å². The van der Waals surface area contributed by atoms with Crippen molar-refractivity contribution in [1.29, 1.82) is 0 Å². The van der Waals surface area contributed by atoms with Gasteiger partial charge in [-0.1, -0.05) is 18.2 Å². The third-order valence-electron chi connectivity index (χ3n) is 3.48. The number of rotatable bonds is 4. The highest BCUT2D eigenvalue weighted by Crippen LogP contribution is 2.23. The lowest BCUT2D eigenvalue weighted by atomic mass is 10.2. The summed E-state index contributed by atoms with van der Waals surface area (Å²) < 4.78 is 37.4. The number of methoxy groups -OCH3 is 2. The fraction of sp³-hybridized carbons (Fsp3) is 0.538. The first-order valence-electron chi connectivity index (χ1n) is 6.39. The minimum absolute atomic E-state index is 0.245.